The molecule has 4 N–H and O–H groups in total. The summed E-state index contributed by atoms with van der Waals surface area (Å²) in [5.41, 5.74) is 5.40. The van der Waals surface area contributed by atoms with E-state index in [0.717, 1.165) is 33.7 Å². The molecule has 0 amide bonds. The van der Waals surface area contributed by atoms with E-state index in [2.05, 4.69) is 37.0 Å². The molecule has 0 bridgehead atoms. The molecule has 2 aromatic carbocycles. The highest BCUT2D eigenvalue weighted by atomic mass is 16.3. The third kappa shape index (κ3) is 5.16. The van der Waals surface area contributed by atoms with E-state index in [1.54, 1.807) is 49.1 Å². The zero-order chi connectivity index (χ0) is 24.0. The summed E-state index contributed by atoms with van der Waals surface area (Å²) in [6, 6.07) is 24.3. The monoisotopic (exact) mass is 459 g/mol. The third-order valence-corrected chi connectivity index (χ3v) is 5.39. The first-order valence-corrected chi connectivity index (χ1v) is 10.9. The molecule has 3 heterocycles. The van der Waals surface area contributed by atoms with E-state index >= 15 is 0 Å². The van der Waals surface area contributed by atoms with E-state index in [4.69, 9.17) is 0 Å². The van der Waals surface area contributed by atoms with E-state index < -0.39 is 6.23 Å². The predicted molar refractivity (Wildman–Crippen MR) is 137 cm³/mol. The highest BCUT2D eigenvalue weighted by Gasteiger charge is 2.10. The number of nitrogens with zero attached hydrogens (tertiary/aromatic N) is 4. The van der Waals surface area contributed by atoms with Crippen LogP contribution < -0.4 is 16.0 Å². The van der Waals surface area contributed by atoms with Gasteiger partial charge in [0.15, 0.2) is 6.23 Å². The van der Waals surface area contributed by atoms with Gasteiger partial charge < -0.3 is 21.1 Å². The van der Waals surface area contributed by atoms with E-state index in [1.165, 1.54) is 0 Å². The van der Waals surface area contributed by atoms with Crippen LogP contribution in [0.4, 0.5) is 28.6 Å². The first-order valence-electron chi connectivity index (χ1n) is 10.9. The van der Waals surface area contributed by atoms with E-state index in [0.29, 0.717) is 16.9 Å². The van der Waals surface area contributed by atoms with Gasteiger partial charge in [0.05, 0.1) is 22.8 Å². The smallest absolute Gasteiger partial charge is 0.151 e. The third-order valence-electron chi connectivity index (χ3n) is 5.39. The van der Waals surface area contributed by atoms with Gasteiger partial charge in [-0.1, -0.05) is 0 Å². The van der Waals surface area contributed by atoms with Crippen LogP contribution in [0.2, 0.25) is 0 Å². The molecule has 170 valence electrons. The molecule has 8 heteroatoms. The van der Waals surface area contributed by atoms with Gasteiger partial charge in [0.2, 0.25) is 0 Å². The second-order valence-corrected chi connectivity index (χ2v) is 7.79. The van der Waals surface area contributed by atoms with Gasteiger partial charge in [0, 0.05) is 52.8 Å². The lowest BCUT2D eigenvalue weighted by molar-refractivity contribution is 0.208. The van der Waals surface area contributed by atoms with Gasteiger partial charge in [-0.15, -0.1) is 0 Å². The Balaban J connectivity index is 1.29. The first kappa shape index (κ1) is 21.8. The van der Waals surface area contributed by atoms with Crippen molar-refractivity contribution in [3.63, 3.8) is 0 Å². The van der Waals surface area contributed by atoms with Crippen LogP contribution in [0.25, 0.3) is 10.9 Å². The molecule has 0 spiro atoms. The average molecular weight is 460 g/mol. The molecule has 0 radical (unpaired) electrons. The summed E-state index contributed by atoms with van der Waals surface area (Å²) in [4.78, 5) is 12.7. The molecule has 0 saturated carbocycles. The number of aliphatic hydroxyl groups is 1. The van der Waals surface area contributed by atoms with Crippen LogP contribution in [-0.4, -0.2) is 20.1 Å². The maximum Gasteiger partial charge on any atom is 0.151 e. The van der Waals surface area contributed by atoms with Crippen molar-refractivity contribution in [2.45, 2.75) is 6.23 Å². The Morgan fingerprint density at radius 3 is 2.29 bits per heavy atom. The highest BCUT2D eigenvalue weighted by Crippen LogP contribution is 2.27. The molecule has 8 nitrogen and oxygen atoms in total. The fourth-order valence-electron chi connectivity index (χ4n) is 3.64. The number of benzene rings is 2. The van der Waals surface area contributed by atoms with Crippen molar-refractivity contribution in [1.82, 2.24) is 15.0 Å². The fourth-order valence-corrected chi connectivity index (χ4v) is 3.64. The zero-order valence-corrected chi connectivity index (χ0v) is 18.6. The van der Waals surface area contributed by atoms with Gasteiger partial charge in [-0.25, -0.2) is 4.98 Å². The molecule has 5 rings (SSSR count). The molecule has 0 aliphatic heterocycles. The van der Waals surface area contributed by atoms with Crippen LogP contribution in [0.15, 0.2) is 97.6 Å². The summed E-state index contributed by atoms with van der Waals surface area (Å²) >= 11 is 0. The quantitative estimate of drug-likeness (QED) is 0.236. The van der Waals surface area contributed by atoms with Crippen LogP contribution in [0.1, 0.15) is 17.4 Å². The number of nitrogens with one attached hydrogen (secondary N) is 3. The van der Waals surface area contributed by atoms with Crippen molar-refractivity contribution >= 4 is 39.5 Å². The van der Waals surface area contributed by atoms with Crippen LogP contribution >= 0.6 is 0 Å². The molecule has 0 saturated heterocycles. The van der Waals surface area contributed by atoms with Gasteiger partial charge in [0.1, 0.15) is 5.82 Å². The molecule has 0 fully saturated rings. The largest absolute Gasteiger partial charge is 0.369 e. The SMILES string of the molecule is N#Cc1ccc2nccc(Nc3cc(C(O)Nc4ccc(Nc5ccncc5)cc4)ccn3)c2c1. The Bertz CT molecular complexity index is 1500. The van der Waals surface area contributed by atoms with Crippen molar-refractivity contribution in [3.8, 4) is 6.07 Å². The number of hydrogen-bond donors (Lipinski definition) is 4. The number of anilines is 5. The van der Waals surface area contributed by atoms with E-state index in [9.17, 15) is 10.4 Å². The fraction of sp³-hybridized carbons (Fsp3) is 0.0370. The van der Waals surface area contributed by atoms with Crippen molar-refractivity contribution in [2.24, 2.45) is 0 Å². The summed E-state index contributed by atoms with van der Waals surface area (Å²) in [5.74, 6) is 0.565. The molecule has 35 heavy (non-hydrogen) atoms. The summed E-state index contributed by atoms with van der Waals surface area (Å²) in [6.07, 6.45) is 5.86. The van der Waals surface area contributed by atoms with E-state index in [1.807, 2.05) is 48.5 Å². The summed E-state index contributed by atoms with van der Waals surface area (Å²) < 4.78 is 0. The maximum absolute atomic E-state index is 10.8. The molecule has 1 unspecified atom stereocenters. The Labute approximate surface area is 202 Å². The molecular weight excluding hydrogens is 438 g/mol. The Morgan fingerprint density at radius 1 is 0.743 bits per heavy atom. The van der Waals surface area contributed by atoms with Gasteiger partial charge in [-0.2, -0.15) is 5.26 Å². The zero-order valence-electron chi connectivity index (χ0n) is 18.6. The number of pyridine rings is 3. The van der Waals surface area contributed by atoms with Crippen LogP contribution in [0.5, 0.6) is 0 Å². The standard InChI is InChI=1S/C27H21N7O/c28-17-18-1-6-24-23(15-18)25(10-14-30-24)34-26-16-19(7-13-31-26)27(35)33-21-4-2-20(3-5-21)32-22-8-11-29-12-9-22/h1-16,27,33,35H,(H,29,32)(H,30,31,34). The molecular formula is C27H21N7O. The summed E-state index contributed by atoms with van der Waals surface area (Å²) in [7, 11) is 0. The topological polar surface area (TPSA) is 119 Å². The van der Waals surface area contributed by atoms with Gasteiger partial charge in [-0.3, -0.25) is 9.97 Å². The molecule has 5 aromatic rings. The number of rotatable bonds is 7. The van der Waals surface area contributed by atoms with Crippen molar-refractivity contribution in [2.75, 3.05) is 16.0 Å². The second-order valence-electron chi connectivity index (χ2n) is 7.79. The number of aromatic nitrogens is 3. The highest BCUT2D eigenvalue weighted by molar-refractivity contribution is 5.93. The summed E-state index contributed by atoms with van der Waals surface area (Å²) in [6.45, 7) is 0. The van der Waals surface area contributed by atoms with Crippen LogP contribution in [-0.2, 0) is 0 Å². The first-order chi connectivity index (χ1) is 17.2. The van der Waals surface area contributed by atoms with Gasteiger partial charge >= 0.3 is 0 Å². The predicted octanol–water partition coefficient (Wildman–Crippen LogP) is 5.49. The molecule has 0 aliphatic carbocycles. The average Bonchev–Trinajstić information content (AvgIpc) is 2.90. The minimum atomic E-state index is -0.933. The van der Waals surface area contributed by atoms with Crippen molar-refractivity contribution < 1.29 is 5.11 Å². The Hall–Kier alpha value is -5.00. The minimum absolute atomic E-state index is 0.553. The van der Waals surface area contributed by atoms with E-state index in [-0.39, 0.29) is 0 Å². The van der Waals surface area contributed by atoms with Crippen LogP contribution in [0, 0.1) is 11.3 Å². The molecule has 3 aromatic heterocycles. The lowest BCUT2D eigenvalue weighted by Crippen LogP contribution is -2.10. The van der Waals surface area contributed by atoms with Crippen LogP contribution in [0.3, 0.4) is 0 Å². The van der Waals surface area contributed by atoms with Crippen molar-refractivity contribution in [3.05, 3.63) is 109 Å². The Kier molecular flexibility index (Phi) is 6.15. The lowest BCUT2D eigenvalue weighted by Gasteiger charge is -2.16. The molecule has 0 aliphatic rings. The molecule has 1 atom stereocenters. The minimum Gasteiger partial charge on any atom is -0.369 e. The van der Waals surface area contributed by atoms with Gasteiger partial charge in [-0.05, 0) is 72.8 Å². The Morgan fingerprint density at radius 2 is 1.49 bits per heavy atom. The summed E-state index contributed by atoms with van der Waals surface area (Å²) in [5, 5.41) is 30.5. The maximum atomic E-state index is 10.8. The lowest BCUT2D eigenvalue weighted by atomic mass is 10.1. The number of fused-ring (bicyclic) bond motifs is 1. The van der Waals surface area contributed by atoms with Gasteiger partial charge in [0.25, 0.3) is 0 Å². The second kappa shape index (κ2) is 9.87. The number of aliphatic hydroxyl groups excluding tert-OH is 1. The number of hydrogen-bond acceptors (Lipinski definition) is 8. The normalized spacial score (nSPS) is 11.4. The number of nitriles is 1. The van der Waals surface area contributed by atoms with Crippen molar-refractivity contribution in [1.29, 1.82) is 5.26 Å².